The number of piperidine rings is 1. The number of ether oxygens (including phenoxy) is 1. The van der Waals surface area contributed by atoms with Crippen LogP contribution in [0.1, 0.15) is 19.0 Å². The predicted molar refractivity (Wildman–Crippen MR) is 72.3 cm³/mol. The van der Waals surface area contributed by atoms with Crippen molar-refractivity contribution in [2.75, 3.05) is 20.2 Å². The zero-order valence-corrected chi connectivity index (χ0v) is 12.3. The molecule has 7 heteroatoms. The molecule has 0 radical (unpaired) electrons. The molecule has 1 aliphatic rings. The minimum absolute atomic E-state index is 0.0353. The number of sulfonamides is 1. The summed E-state index contributed by atoms with van der Waals surface area (Å²) in [6.45, 7) is 2.78. The quantitative estimate of drug-likeness (QED) is 0.830. The molecule has 2 heterocycles. The van der Waals surface area contributed by atoms with E-state index in [2.05, 4.69) is 4.98 Å². The summed E-state index contributed by atoms with van der Waals surface area (Å²) in [5, 5.41) is 9.00. The number of rotatable bonds is 3. The summed E-state index contributed by atoms with van der Waals surface area (Å²) in [4.78, 5) is 3.78. The lowest BCUT2D eigenvalue weighted by Gasteiger charge is -2.35. The number of nitriles is 1. The van der Waals surface area contributed by atoms with Crippen molar-refractivity contribution in [3.05, 3.63) is 24.0 Å². The van der Waals surface area contributed by atoms with Gasteiger partial charge < -0.3 is 4.74 Å². The lowest BCUT2D eigenvalue weighted by Crippen LogP contribution is -2.46. The van der Waals surface area contributed by atoms with Crippen molar-refractivity contribution in [1.82, 2.24) is 9.29 Å². The molecule has 2 unspecified atom stereocenters. The molecule has 2 rings (SSSR count). The van der Waals surface area contributed by atoms with Crippen LogP contribution in [-0.2, 0) is 14.8 Å². The van der Waals surface area contributed by atoms with Gasteiger partial charge in [-0.1, -0.05) is 6.92 Å². The molecule has 2 atom stereocenters. The van der Waals surface area contributed by atoms with Gasteiger partial charge in [-0.2, -0.15) is 9.57 Å². The van der Waals surface area contributed by atoms with Gasteiger partial charge in [0.05, 0.1) is 6.10 Å². The van der Waals surface area contributed by atoms with Crippen LogP contribution in [0.5, 0.6) is 0 Å². The Morgan fingerprint density at radius 1 is 1.55 bits per heavy atom. The molecule has 0 saturated carbocycles. The van der Waals surface area contributed by atoms with Crippen LogP contribution >= 0.6 is 0 Å². The maximum atomic E-state index is 12.6. The second-order valence-corrected chi connectivity index (χ2v) is 6.77. The number of hydrogen-bond acceptors (Lipinski definition) is 5. The van der Waals surface area contributed by atoms with E-state index >= 15 is 0 Å². The van der Waals surface area contributed by atoms with Gasteiger partial charge in [0.2, 0.25) is 10.0 Å². The summed E-state index contributed by atoms with van der Waals surface area (Å²) < 4.78 is 31.9. The van der Waals surface area contributed by atoms with E-state index in [9.17, 15) is 8.42 Å². The van der Waals surface area contributed by atoms with Gasteiger partial charge in [0.15, 0.2) is 5.69 Å². The fourth-order valence-corrected chi connectivity index (χ4v) is 3.91. The van der Waals surface area contributed by atoms with Crippen molar-refractivity contribution in [3.63, 3.8) is 0 Å². The van der Waals surface area contributed by atoms with Gasteiger partial charge in [-0.3, -0.25) is 0 Å². The highest BCUT2D eigenvalue weighted by atomic mass is 32.2. The summed E-state index contributed by atoms with van der Waals surface area (Å²) in [6, 6.07) is 4.77. The van der Waals surface area contributed by atoms with E-state index in [0.717, 1.165) is 6.42 Å². The topological polar surface area (TPSA) is 83.3 Å². The third-order valence-electron chi connectivity index (χ3n) is 3.65. The number of pyridine rings is 1. The first-order valence-electron chi connectivity index (χ1n) is 6.38. The number of hydrogen-bond donors (Lipinski definition) is 0. The van der Waals surface area contributed by atoms with E-state index in [1.807, 2.05) is 13.0 Å². The Kier molecular flexibility index (Phi) is 4.38. The van der Waals surface area contributed by atoms with E-state index < -0.39 is 10.0 Å². The maximum absolute atomic E-state index is 12.6. The molecule has 1 aromatic rings. The van der Waals surface area contributed by atoms with Gasteiger partial charge in [0.1, 0.15) is 11.0 Å². The first-order chi connectivity index (χ1) is 9.50. The summed E-state index contributed by atoms with van der Waals surface area (Å²) in [5.41, 5.74) is -0.0694. The molecule has 0 N–H and O–H groups in total. The van der Waals surface area contributed by atoms with Gasteiger partial charge in [-0.25, -0.2) is 13.4 Å². The van der Waals surface area contributed by atoms with Crippen LogP contribution < -0.4 is 0 Å². The Morgan fingerprint density at radius 3 is 2.95 bits per heavy atom. The molecule has 20 heavy (non-hydrogen) atoms. The average Bonchev–Trinajstić information content (AvgIpc) is 2.47. The molecule has 0 aliphatic carbocycles. The lowest BCUT2D eigenvalue weighted by atomic mass is 9.97. The second-order valence-electron chi connectivity index (χ2n) is 4.87. The lowest BCUT2D eigenvalue weighted by molar-refractivity contribution is 0.0183. The summed E-state index contributed by atoms with van der Waals surface area (Å²) in [5.74, 6) is 0.316. The Labute approximate surface area is 119 Å². The second kappa shape index (κ2) is 5.87. The molecular weight excluding hydrogens is 278 g/mol. The van der Waals surface area contributed by atoms with Gasteiger partial charge in [-0.15, -0.1) is 0 Å². The smallest absolute Gasteiger partial charge is 0.246 e. The van der Waals surface area contributed by atoms with Crippen molar-refractivity contribution in [2.24, 2.45) is 5.92 Å². The highest BCUT2D eigenvalue weighted by Gasteiger charge is 2.35. The van der Waals surface area contributed by atoms with E-state index in [0.29, 0.717) is 19.0 Å². The Morgan fingerprint density at radius 2 is 2.30 bits per heavy atom. The monoisotopic (exact) mass is 295 g/mol. The fourth-order valence-electron chi connectivity index (χ4n) is 2.35. The van der Waals surface area contributed by atoms with Crippen LogP contribution in [0, 0.1) is 17.2 Å². The van der Waals surface area contributed by atoms with Crippen molar-refractivity contribution >= 4 is 10.0 Å². The Hall–Kier alpha value is -1.49. The molecule has 0 bridgehead atoms. The first-order valence-corrected chi connectivity index (χ1v) is 7.82. The van der Waals surface area contributed by atoms with Crippen LogP contribution in [0.3, 0.4) is 0 Å². The van der Waals surface area contributed by atoms with Gasteiger partial charge in [-0.05, 0) is 24.5 Å². The molecule has 0 amide bonds. The van der Waals surface area contributed by atoms with Crippen LogP contribution in [0.15, 0.2) is 23.2 Å². The summed E-state index contributed by atoms with van der Waals surface area (Å²) in [6.07, 6.45) is 2.02. The van der Waals surface area contributed by atoms with Crippen LogP contribution in [0.2, 0.25) is 0 Å². The van der Waals surface area contributed by atoms with Gasteiger partial charge in [0.25, 0.3) is 0 Å². The SMILES string of the molecule is COC1CN(S(=O)(=O)c2cccnc2C#N)CCC1C. The molecule has 6 nitrogen and oxygen atoms in total. The minimum Gasteiger partial charge on any atom is -0.380 e. The molecule has 1 aliphatic heterocycles. The molecule has 108 valence electrons. The molecular formula is C13H17N3O3S. The average molecular weight is 295 g/mol. The number of methoxy groups -OCH3 is 1. The highest BCUT2D eigenvalue weighted by molar-refractivity contribution is 7.89. The third-order valence-corrected chi connectivity index (χ3v) is 5.55. The zero-order valence-electron chi connectivity index (χ0n) is 11.5. The molecule has 1 aromatic heterocycles. The number of nitrogens with zero attached hydrogens (tertiary/aromatic N) is 3. The Bertz CT molecular complexity index is 624. The van der Waals surface area contributed by atoms with E-state index in [4.69, 9.17) is 10.00 Å². The van der Waals surface area contributed by atoms with Crippen molar-refractivity contribution < 1.29 is 13.2 Å². The molecule has 0 spiro atoms. The Balaban J connectivity index is 2.34. The van der Waals surface area contributed by atoms with Gasteiger partial charge >= 0.3 is 0 Å². The van der Waals surface area contributed by atoms with Crippen LogP contribution in [0.25, 0.3) is 0 Å². The van der Waals surface area contributed by atoms with E-state index in [1.165, 1.54) is 22.6 Å². The van der Waals surface area contributed by atoms with Crippen LogP contribution in [0.4, 0.5) is 0 Å². The molecule has 1 saturated heterocycles. The minimum atomic E-state index is -3.70. The zero-order chi connectivity index (χ0) is 14.8. The van der Waals surface area contributed by atoms with Crippen molar-refractivity contribution in [1.29, 1.82) is 5.26 Å². The van der Waals surface area contributed by atoms with E-state index in [1.54, 1.807) is 7.11 Å². The normalized spacial score (nSPS) is 24.2. The highest BCUT2D eigenvalue weighted by Crippen LogP contribution is 2.26. The third kappa shape index (κ3) is 2.68. The summed E-state index contributed by atoms with van der Waals surface area (Å²) >= 11 is 0. The maximum Gasteiger partial charge on any atom is 0.246 e. The van der Waals surface area contributed by atoms with Crippen LogP contribution in [-0.4, -0.2) is 44.0 Å². The molecule has 1 fully saturated rings. The van der Waals surface area contributed by atoms with E-state index in [-0.39, 0.29) is 16.7 Å². The van der Waals surface area contributed by atoms with Crippen molar-refractivity contribution in [3.8, 4) is 6.07 Å². The van der Waals surface area contributed by atoms with Crippen molar-refractivity contribution in [2.45, 2.75) is 24.3 Å². The predicted octanol–water partition coefficient (Wildman–Crippen LogP) is 0.999. The number of aromatic nitrogens is 1. The standard InChI is InChI=1S/C13H17N3O3S/c1-10-5-7-16(9-12(10)19-2)20(17,18)13-4-3-6-15-11(13)8-14/h3-4,6,10,12H,5,7,9H2,1-2H3. The molecule has 0 aromatic carbocycles. The van der Waals surface area contributed by atoms with Gasteiger partial charge in [0, 0.05) is 26.4 Å². The largest absolute Gasteiger partial charge is 0.380 e. The summed E-state index contributed by atoms with van der Waals surface area (Å²) in [7, 11) is -2.12. The first kappa shape index (κ1) is 14.9. The fraction of sp³-hybridized carbons (Fsp3) is 0.538.